The summed E-state index contributed by atoms with van der Waals surface area (Å²) in [5.74, 6) is 0.964. The van der Waals surface area contributed by atoms with Crippen molar-refractivity contribution in [3.8, 4) is 5.75 Å². The number of benzene rings is 1. The molecule has 1 aromatic rings. The van der Waals surface area contributed by atoms with Gasteiger partial charge in [0, 0.05) is 1.43 Å². The molecule has 2 rings (SSSR count). The van der Waals surface area contributed by atoms with Crippen LogP contribution in [0.4, 0.5) is 0 Å². The highest BCUT2D eigenvalue weighted by atomic mass is 16.3. The van der Waals surface area contributed by atoms with E-state index in [9.17, 15) is 10.2 Å². The predicted molar refractivity (Wildman–Crippen MR) is 94.8 cm³/mol. The summed E-state index contributed by atoms with van der Waals surface area (Å²) in [7, 11) is 0. The van der Waals surface area contributed by atoms with Crippen molar-refractivity contribution < 1.29 is 11.6 Å². The maximum atomic E-state index is 10.8. The third-order valence-corrected chi connectivity index (χ3v) is 4.92. The fraction of sp³-hybridized carbons (Fsp3) is 0.700. The number of rotatable bonds is 1. The van der Waals surface area contributed by atoms with Crippen LogP contribution in [0.5, 0.6) is 5.75 Å². The van der Waals surface area contributed by atoms with E-state index in [1.165, 1.54) is 5.56 Å². The molecule has 0 amide bonds. The standard InChI is InChI=1S/C20H32O2.H2/c1-19(2,3)16-11-14(13-7-9-15(21)10-8-13)12-17(18(16)22)20(4,5)6;/h11-13,15,21-22H,7-10H2,1-6H3;1H. The Labute approximate surface area is 137 Å². The van der Waals surface area contributed by atoms with Crippen LogP contribution in [0.1, 0.15) is 91.3 Å². The van der Waals surface area contributed by atoms with Crippen LogP contribution in [-0.2, 0) is 10.8 Å². The van der Waals surface area contributed by atoms with Gasteiger partial charge in [-0.15, -0.1) is 0 Å². The first-order valence-electron chi connectivity index (χ1n) is 8.56. The Bertz CT molecular complexity index is 495. The first kappa shape index (κ1) is 17.3. The molecule has 1 fully saturated rings. The Morgan fingerprint density at radius 3 is 1.64 bits per heavy atom. The molecule has 0 atom stereocenters. The van der Waals surface area contributed by atoms with Crippen LogP contribution in [0.3, 0.4) is 0 Å². The lowest BCUT2D eigenvalue weighted by atomic mass is 9.75. The van der Waals surface area contributed by atoms with Crippen LogP contribution in [-0.4, -0.2) is 16.3 Å². The van der Waals surface area contributed by atoms with Gasteiger partial charge in [-0.1, -0.05) is 53.7 Å². The van der Waals surface area contributed by atoms with Crippen LogP contribution in [0, 0.1) is 0 Å². The van der Waals surface area contributed by atoms with Crippen molar-refractivity contribution in [1.29, 1.82) is 0 Å². The van der Waals surface area contributed by atoms with Gasteiger partial charge in [0.05, 0.1) is 6.10 Å². The lowest BCUT2D eigenvalue weighted by molar-refractivity contribution is 0.122. The van der Waals surface area contributed by atoms with Gasteiger partial charge >= 0.3 is 0 Å². The Hall–Kier alpha value is -1.02. The van der Waals surface area contributed by atoms with Gasteiger partial charge in [-0.3, -0.25) is 0 Å². The Morgan fingerprint density at radius 2 is 1.27 bits per heavy atom. The van der Waals surface area contributed by atoms with Gasteiger partial charge in [-0.05, 0) is 59.1 Å². The van der Waals surface area contributed by atoms with Crippen molar-refractivity contribution in [2.24, 2.45) is 0 Å². The molecule has 126 valence electrons. The maximum Gasteiger partial charge on any atom is 0.123 e. The molecule has 2 N–H and O–H groups in total. The lowest BCUT2D eigenvalue weighted by Gasteiger charge is -2.31. The molecule has 0 bridgehead atoms. The van der Waals surface area contributed by atoms with E-state index in [4.69, 9.17) is 0 Å². The molecule has 1 aliphatic rings. The average Bonchev–Trinajstić information content (AvgIpc) is 2.37. The summed E-state index contributed by atoms with van der Waals surface area (Å²) in [4.78, 5) is 0. The van der Waals surface area contributed by atoms with Crippen molar-refractivity contribution in [2.45, 2.75) is 90.1 Å². The molecular weight excluding hydrogens is 272 g/mol. The zero-order chi connectivity index (χ0) is 16.7. The summed E-state index contributed by atoms with van der Waals surface area (Å²) in [6.07, 6.45) is 3.73. The molecule has 1 aliphatic carbocycles. The van der Waals surface area contributed by atoms with Gasteiger partial charge in [0.1, 0.15) is 5.75 Å². The van der Waals surface area contributed by atoms with Crippen molar-refractivity contribution in [2.75, 3.05) is 0 Å². The smallest absolute Gasteiger partial charge is 0.123 e. The molecule has 0 spiro atoms. The van der Waals surface area contributed by atoms with Gasteiger partial charge in [0.2, 0.25) is 0 Å². The van der Waals surface area contributed by atoms with Gasteiger partial charge < -0.3 is 10.2 Å². The second-order valence-electron chi connectivity index (χ2n) is 8.97. The van der Waals surface area contributed by atoms with Crippen LogP contribution in [0.2, 0.25) is 0 Å². The van der Waals surface area contributed by atoms with Crippen LogP contribution in [0.15, 0.2) is 12.1 Å². The number of aliphatic hydroxyl groups excluding tert-OH is 1. The summed E-state index contributed by atoms with van der Waals surface area (Å²) in [5, 5.41) is 20.5. The normalized spacial score (nSPS) is 23.6. The highest BCUT2D eigenvalue weighted by Crippen LogP contribution is 2.43. The molecule has 1 aromatic carbocycles. The molecule has 22 heavy (non-hydrogen) atoms. The van der Waals surface area contributed by atoms with E-state index in [1.807, 2.05) is 0 Å². The topological polar surface area (TPSA) is 40.5 Å². The third kappa shape index (κ3) is 3.65. The Kier molecular flexibility index (Phi) is 4.64. The molecule has 0 unspecified atom stereocenters. The Balaban J connectivity index is 0.00000264. The van der Waals surface area contributed by atoms with Crippen molar-refractivity contribution >= 4 is 0 Å². The van der Waals surface area contributed by atoms with Crippen molar-refractivity contribution in [3.63, 3.8) is 0 Å². The summed E-state index contributed by atoms with van der Waals surface area (Å²) >= 11 is 0. The molecule has 0 aliphatic heterocycles. The first-order chi connectivity index (χ1) is 10.00. The van der Waals surface area contributed by atoms with Gasteiger partial charge in [-0.25, -0.2) is 0 Å². The molecule has 0 radical (unpaired) electrons. The number of hydrogen-bond donors (Lipinski definition) is 2. The van der Waals surface area contributed by atoms with Crippen molar-refractivity contribution in [1.82, 2.24) is 0 Å². The Morgan fingerprint density at radius 1 is 0.864 bits per heavy atom. The first-order valence-corrected chi connectivity index (χ1v) is 8.56. The van der Waals surface area contributed by atoms with Crippen LogP contribution >= 0.6 is 0 Å². The lowest BCUT2D eigenvalue weighted by Crippen LogP contribution is -2.21. The SMILES string of the molecule is CC(C)(C)c1cc(C2CCC(O)CC2)cc(C(C)(C)C)c1O.[HH]. The van der Waals surface area contributed by atoms with E-state index in [0.29, 0.717) is 11.7 Å². The monoisotopic (exact) mass is 306 g/mol. The zero-order valence-corrected chi connectivity index (χ0v) is 15.0. The molecule has 0 saturated heterocycles. The second kappa shape index (κ2) is 5.88. The molecule has 0 heterocycles. The number of aromatic hydroxyl groups is 1. The summed E-state index contributed by atoms with van der Waals surface area (Å²) in [5.41, 5.74) is 3.27. The van der Waals surface area contributed by atoms with E-state index in [2.05, 4.69) is 53.7 Å². The quantitative estimate of drug-likeness (QED) is 0.743. The minimum atomic E-state index is -0.127. The van der Waals surface area contributed by atoms with Crippen LogP contribution in [0.25, 0.3) is 0 Å². The largest absolute Gasteiger partial charge is 0.507 e. The molecule has 1 saturated carbocycles. The summed E-state index contributed by atoms with van der Waals surface area (Å²) in [6, 6.07) is 4.40. The third-order valence-electron chi connectivity index (χ3n) is 4.92. The second-order valence-corrected chi connectivity index (χ2v) is 8.97. The van der Waals surface area contributed by atoms with Crippen molar-refractivity contribution in [3.05, 3.63) is 28.8 Å². The molecule has 0 aromatic heterocycles. The van der Waals surface area contributed by atoms with Crippen LogP contribution < -0.4 is 0 Å². The van der Waals surface area contributed by atoms with Gasteiger partial charge in [0.25, 0.3) is 0 Å². The number of phenolic OH excluding ortho intramolecular Hbond substituents is 1. The predicted octanol–water partition coefficient (Wildman–Crippen LogP) is 5.25. The van der Waals surface area contributed by atoms with E-state index in [0.717, 1.165) is 36.8 Å². The highest BCUT2D eigenvalue weighted by Gasteiger charge is 2.29. The average molecular weight is 306 g/mol. The minimum Gasteiger partial charge on any atom is -0.507 e. The van der Waals surface area contributed by atoms with Gasteiger partial charge in [0.15, 0.2) is 0 Å². The summed E-state index contributed by atoms with van der Waals surface area (Å²) in [6.45, 7) is 12.9. The van der Waals surface area contributed by atoms with E-state index >= 15 is 0 Å². The highest BCUT2D eigenvalue weighted by molar-refractivity contribution is 5.50. The van der Waals surface area contributed by atoms with E-state index in [1.54, 1.807) is 0 Å². The maximum absolute atomic E-state index is 10.8. The zero-order valence-electron chi connectivity index (χ0n) is 15.0. The fourth-order valence-corrected chi connectivity index (χ4v) is 3.45. The number of phenols is 1. The number of aliphatic hydroxyl groups is 1. The molecule has 2 nitrogen and oxygen atoms in total. The fourth-order valence-electron chi connectivity index (χ4n) is 3.45. The number of hydrogen-bond acceptors (Lipinski definition) is 2. The van der Waals surface area contributed by atoms with Gasteiger partial charge in [-0.2, -0.15) is 0 Å². The van der Waals surface area contributed by atoms with E-state index in [-0.39, 0.29) is 18.4 Å². The molecular formula is C20H34O2. The van der Waals surface area contributed by atoms with E-state index < -0.39 is 0 Å². The minimum absolute atomic E-state index is 0. The molecule has 2 heteroatoms. The summed E-state index contributed by atoms with van der Waals surface area (Å²) < 4.78 is 0.